The first-order valence-corrected chi connectivity index (χ1v) is 9.46. The molecule has 0 bridgehead atoms. The van der Waals surface area contributed by atoms with E-state index in [1.165, 1.54) is 31.2 Å². The molecule has 1 aromatic rings. The summed E-state index contributed by atoms with van der Waals surface area (Å²) in [7, 11) is 1.69. The Hall–Kier alpha value is -1.75. The smallest absolute Gasteiger partial charge is 0.314 e. The van der Waals surface area contributed by atoms with E-state index in [0.717, 1.165) is 31.1 Å². The van der Waals surface area contributed by atoms with Gasteiger partial charge >= 0.3 is 6.03 Å². The molecule has 5 nitrogen and oxygen atoms in total. The summed E-state index contributed by atoms with van der Waals surface area (Å²) < 4.78 is 10.9. The van der Waals surface area contributed by atoms with E-state index < -0.39 is 0 Å². The van der Waals surface area contributed by atoms with Crippen LogP contribution in [0.2, 0.25) is 0 Å². The van der Waals surface area contributed by atoms with Gasteiger partial charge in [0.25, 0.3) is 0 Å². The quantitative estimate of drug-likeness (QED) is 0.675. The van der Waals surface area contributed by atoms with E-state index in [1.807, 2.05) is 12.1 Å². The lowest BCUT2D eigenvalue weighted by Gasteiger charge is -2.30. The van der Waals surface area contributed by atoms with Gasteiger partial charge in [-0.3, -0.25) is 0 Å². The Morgan fingerprint density at radius 2 is 2.04 bits per heavy atom. The van der Waals surface area contributed by atoms with Gasteiger partial charge in [-0.1, -0.05) is 25.0 Å². The standard InChI is InChI=1S/C20H30N2O3/c1-24-18-6-4-5-17(13-18)20(9-2-3-10-20)15-22-19(23)21-11-12-25-14-16-7-8-16/h4-6,13,16H,2-3,7-12,14-15H2,1H3,(H2,21,22,23). The first-order chi connectivity index (χ1) is 12.2. The van der Waals surface area contributed by atoms with Crippen LogP contribution in [-0.2, 0) is 10.2 Å². The van der Waals surface area contributed by atoms with Crippen molar-refractivity contribution in [1.82, 2.24) is 10.6 Å². The van der Waals surface area contributed by atoms with Crippen LogP contribution in [0.15, 0.2) is 24.3 Å². The van der Waals surface area contributed by atoms with E-state index in [2.05, 4.69) is 22.8 Å². The number of carbonyl (C=O) groups excluding carboxylic acids is 1. The molecule has 0 saturated heterocycles. The highest BCUT2D eigenvalue weighted by molar-refractivity contribution is 5.74. The Kier molecular flexibility index (Phi) is 6.19. The van der Waals surface area contributed by atoms with Crippen LogP contribution in [0.25, 0.3) is 0 Å². The summed E-state index contributed by atoms with van der Waals surface area (Å²) in [6, 6.07) is 8.15. The van der Waals surface area contributed by atoms with E-state index >= 15 is 0 Å². The molecule has 0 unspecified atom stereocenters. The molecule has 2 amide bonds. The average molecular weight is 346 g/mol. The number of methoxy groups -OCH3 is 1. The van der Waals surface area contributed by atoms with Crippen molar-refractivity contribution in [3.63, 3.8) is 0 Å². The molecule has 0 spiro atoms. The second kappa shape index (κ2) is 8.56. The predicted molar refractivity (Wildman–Crippen MR) is 98.1 cm³/mol. The molecular formula is C20H30N2O3. The third kappa shape index (κ3) is 5.11. The number of amides is 2. The first-order valence-electron chi connectivity index (χ1n) is 9.46. The van der Waals surface area contributed by atoms with E-state index in [0.29, 0.717) is 19.7 Å². The van der Waals surface area contributed by atoms with E-state index in [-0.39, 0.29) is 11.4 Å². The number of hydrogen-bond acceptors (Lipinski definition) is 3. The lowest BCUT2D eigenvalue weighted by Crippen LogP contribution is -2.44. The Bertz CT molecular complexity index is 566. The predicted octanol–water partition coefficient (Wildman–Crippen LogP) is 3.23. The van der Waals surface area contributed by atoms with Crippen molar-refractivity contribution in [2.24, 2.45) is 5.92 Å². The number of nitrogens with one attached hydrogen (secondary N) is 2. The molecule has 0 aliphatic heterocycles. The summed E-state index contributed by atoms with van der Waals surface area (Å²) in [6.07, 6.45) is 7.20. The average Bonchev–Trinajstić information content (AvgIpc) is 3.34. The number of benzene rings is 1. The minimum atomic E-state index is -0.107. The molecule has 5 heteroatoms. The molecule has 0 atom stereocenters. The van der Waals surface area contributed by atoms with Crippen molar-refractivity contribution in [3.05, 3.63) is 29.8 Å². The molecule has 2 saturated carbocycles. The van der Waals surface area contributed by atoms with Crippen LogP contribution in [0.3, 0.4) is 0 Å². The number of ether oxygens (including phenoxy) is 2. The highest BCUT2D eigenvalue weighted by atomic mass is 16.5. The van der Waals surface area contributed by atoms with Crippen LogP contribution in [0.5, 0.6) is 5.75 Å². The number of carbonyl (C=O) groups is 1. The molecule has 138 valence electrons. The summed E-state index contributed by atoms with van der Waals surface area (Å²) in [6.45, 7) is 2.65. The molecule has 2 N–H and O–H groups in total. The molecule has 0 heterocycles. The fraction of sp³-hybridized carbons (Fsp3) is 0.650. The van der Waals surface area contributed by atoms with Gasteiger partial charge in [0.15, 0.2) is 0 Å². The first kappa shape index (κ1) is 18.1. The maximum Gasteiger partial charge on any atom is 0.314 e. The number of rotatable bonds is 9. The SMILES string of the molecule is COc1cccc(C2(CNC(=O)NCCOCC3CC3)CCCC2)c1. The molecule has 3 rings (SSSR count). The van der Waals surface area contributed by atoms with Gasteiger partial charge in [0.05, 0.1) is 13.7 Å². The second-order valence-electron chi connectivity index (χ2n) is 7.35. The maximum atomic E-state index is 12.1. The van der Waals surface area contributed by atoms with E-state index in [4.69, 9.17) is 9.47 Å². The molecule has 1 aromatic carbocycles. The van der Waals surface area contributed by atoms with Gasteiger partial charge in [-0.05, 0) is 49.3 Å². The van der Waals surface area contributed by atoms with Gasteiger partial charge in [-0.25, -0.2) is 4.79 Å². The van der Waals surface area contributed by atoms with Crippen molar-refractivity contribution in [3.8, 4) is 5.75 Å². The van der Waals surface area contributed by atoms with Crippen LogP contribution in [0.4, 0.5) is 4.79 Å². The Balaban J connectivity index is 1.46. The topological polar surface area (TPSA) is 59.6 Å². The van der Waals surface area contributed by atoms with Crippen molar-refractivity contribution in [2.75, 3.05) is 33.4 Å². The molecular weight excluding hydrogens is 316 g/mol. The van der Waals surface area contributed by atoms with Crippen LogP contribution in [0.1, 0.15) is 44.1 Å². The van der Waals surface area contributed by atoms with Crippen molar-refractivity contribution >= 4 is 6.03 Å². The number of hydrogen-bond donors (Lipinski definition) is 2. The fourth-order valence-corrected chi connectivity index (χ4v) is 3.66. The molecule has 0 radical (unpaired) electrons. The second-order valence-corrected chi connectivity index (χ2v) is 7.35. The minimum absolute atomic E-state index is 0.0222. The summed E-state index contributed by atoms with van der Waals surface area (Å²) in [4.78, 5) is 12.1. The lowest BCUT2D eigenvalue weighted by atomic mass is 9.78. The molecule has 2 aliphatic rings. The summed E-state index contributed by atoms with van der Waals surface area (Å²) in [5, 5.41) is 5.96. The molecule has 0 aromatic heterocycles. The maximum absolute atomic E-state index is 12.1. The zero-order chi connectivity index (χ0) is 17.5. The molecule has 25 heavy (non-hydrogen) atoms. The molecule has 2 fully saturated rings. The van der Waals surface area contributed by atoms with Crippen LogP contribution in [0, 0.1) is 5.92 Å². The zero-order valence-electron chi connectivity index (χ0n) is 15.2. The highest BCUT2D eigenvalue weighted by Gasteiger charge is 2.36. The fourth-order valence-electron chi connectivity index (χ4n) is 3.66. The summed E-state index contributed by atoms with van der Waals surface area (Å²) in [5.74, 6) is 1.64. The zero-order valence-corrected chi connectivity index (χ0v) is 15.2. The Morgan fingerprint density at radius 3 is 2.76 bits per heavy atom. The van der Waals surface area contributed by atoms with E-state index in [1.54, 1.807) is 7.11 Å². The molecule has 2 aliphatic carbocycles. The Morgan fingerprint density at radius 1 is 1.24 bits per heavy atom. The van der Waals surface area contributed by atoms with Crippen molar-refractivity contribution < 1.29 is 14.3 Å². The summed E-state index contributed by atoms with van der Waals surface area (Å²) in [5.41, 5.74) is 1.28. The van der Waals surface area contributed by atoms with Crippen molar-refractivity contribution in [1.29, 1.82) is 0 Å². The monoisotopic (exact) mass is 346 g/mol. The van der Waals surface area contributed by atoms with Gasteiger partial charge < -0.3 is 20.1 Å². The van der Waals surface area contributed by atoms with Gasteiger partial charge in [0.2, 0.25) is 0 Å². The highest BCUT2D eigenvalue weighted by Crippen LogP contribution is 2.41. The Labute approximate surface area is 150 Å². The van der Waals surface area contributed by atoms with Crippen LogP contribution < -0.4 is 15.4 Å². The van der Waals surface area contributed by atoms with Crippen LogP contribution in [-0.4, -0.2) is 39.4 Å². The third-order valence-corrected chi connectivity index (χ3v) is 5.41. The third-order valence-electron chi connectivity index (χ3n) is 5.41. The van der Waals surface area contributed by atoms with Gasteiger partial charge in [0.1, 0.15) is 5.75 Å². The minimum Gasteiger partial charge on any atom is -0.497 e. The van der Waals surface area contributed by atoms with Gasteiger partial charge in [0, 0.05) is 25.1 Å². The summed E-state index contributed by atoms with van der Waals surface area (Å²) >= 11 is 0. The largest absolute Gasteiger partial charge is 0.497 e. The lowest BCUT2D eigenvalue weighted by molar-refractivity contribution is 0.127. The van der Waals surface area contributed by atoms with Crippen LogP contribution >= 0.6 is 0 Å². The van der Waals surface area contributed by atoms with E-state index in [9.17, 15) is 4.79 Å². The van der Waals surface area contributed by atoms with Gasteiger partial charge in [-0.2, -0.15) is 0 Å². The number of urea groups is 1. The van der Waals surface area contributed by atoms with Gasteiger partial charge in [-0.15, -0.1) is 0 Å². The van der Waals surface area contributed by atoms with Crippen molar-refractivity contribution in [2.45, 2.75) is 43.9 Å². The normalized spacial score (nSPS) is 18.8.